The van der Waals surface area contributed by atoms with Crippen LogP contribution in [0.1, 0.15) is 25.8 Å². The van der Waals surface area contributed by atoms with E-state index in [1.165, 1.54) is 0 Å². The second-order valence-corrected chi connectivity index (χ2v) is 4.31. The Hall–Kier alpha value is -1.67. The van der Waals surface area contributed by atoms with Crippen LogP contribution in [0.15, 0.2) is 12.1 Å². The van der Waals surface area contributed by atoms with Gasteiger partial charge in [0.05, 0.1) is 5.56 Å². The average molecular weight is 316 g/mol. The molecule has 0 spiro atoms. The van der Waals surface area contributed by atoms with Crippen LogP contribution in [0.4, 0.5) is 32.2 Å². The van der Waals surface area contributed by atoms with Gasteiger partial charge in [-0.25, -0.2) is 0 Å². The van der Waals surface area contributed by atoms with E-state index >= 15 is 0 Å². The summed E-state index contributed by atoms with van der Waals surface area (Å²) in [5.41, 5.74) is -1.12. The van der Waals surface area contributed by atoms with Crippen molar-refractivity contribution in [1.29, 1.82) is 0 Å². The van der Waals surface area contributed by atoms with Crippen molar-refractivity contribution in [3.05, 3.63) is 17.7 Å². The maximum Gasteiger partial charge on any atom is 0.425 e. The lowest BCUT2D eigenvalue weighted by atomic mass is 10.2. The molecule has 1 rings (SSSR count). The van der Waals surface area contributed by atoms with E-state index in [-0.39, 0.29) is 5.82 Å². The van der Waals surface area contributed by atoms with E-state index in [2.05, 4.69) is 15.0 Å². The standard InChI is InChI=1S/C12H14F6N2O/c1-3-4-19-9-5-8(12(16,17)18)6-10(20-9)21-7(2)11(13,14)15/h5-7H,3-4H2,1-2H3,(H,19,20). The molecule has 0 radical (unpaired) electrons. The molecule has 0 aliphatic heterocycles. The third-order valence-corrected chi connectivity index (χ3v) is 2.44. The molecule has 3 nitrogen and oxygen atoms in total. The SMILES string of the molecule is CCCNc1cc(C(F)(F)F)cc(OC(C)C(F)(F)F)n1. The normalized spacial score (nSPS) is 13.9. The van der Waals surface area contributed by atoms with Gasteiger partial charge in [-0.1, -0.05) is 6.92 Å². The Morgan fingerprint density at radius 1 is 1.19 bits per heavy atom. The Morgan fingerprint density at radius 3 is 2.29 bits per heavy atom. The van der Waals surface area contributed by atoms with E-state index in [4.69, 9.17) is 0 Å². The molecule has 0 amide bonds. The predicted octanol–water partition coefficient (Wildman–Crippen LogP) is 4.25. The summed E-state index contributed by atoms with van der Waals surface area (Å²) in [6, 6.07) is 1.17. The molecule has 1 heterocycles. The quantitative estimate of drug-likeness (QED) is 0.825. The number of hydrogen-bond donors (Lipinski definition) is 1. The molecule has 1 N–H and O–H groups in total. The molecule has 0 aromatic carbocycles. The molecule has 0 bridgehead atoms. The fraction of sp³-hybridized carbons (Fsp3) is 0.583. The van der Waals surface area contributed by atoms with Crippen LogP contribution >= 0.6 is 0 Å². The van der Waals surface area contributed by atoms with Crippen LogP contribution in [0.2, 0.25) is 0 Å². The molecular formula is C12H14F6N2O. The molecule has 9 heteroatoms. The van der Waals surface area contributed by atoms with Crippen molar-refractivity contribution in [2.75, 3.05) is 11.9 Å². The number of anilines is 1. The van der Waals surface area contributed by atoms with Gasteiger partial charge in [-0.05, 0) is 19.4 Å². The Morgan fingerprint density at radius 2 is 1.81 bits per heavy atom. The largest absolute Gasteiger partial charge is 0.465 e. The van der Waals surface area contributed by atoms with Crippen molar-refractivity contribution in [2.45, 2.75) is 38.7 Å². The highest BCUT2D eigenvalue weighted by molar-refractivity contribution is 5.42. The number of hydrogen-bond acceptors (Lipinski definition) is 3. The zero-order valence-electron chi connectivity index (χ0n) is 11.3. The summed E-state index contributed by atoms with van der Waals surface area (Å²) >= 11 is 0. The molecule has 1 aromatic heterocycles. The van der Waals surface area contributed by atoms with Gasteiger partial charge in [-0.15, -0.1) is 0 Å². The number of rotatable bonds is 5. The molecule has 120 valence electrons. The van der Waals surface area contributed by atoms with Gasteiger partial charge in [-0.2, -0.15) is 31.3 Å². The van der Waals surface area contributed by atoms with Crippen LogP contribution in [-0.2, 0) is 6.18 Å². The summed E-state index contributed by atoms with van der Waals surface area (Å²) in [5.74, 6) is -0.913. The van der Waals surface area contributed by atoms with Crippen molar-refractivity contribution in [3.8, 4) is 5.88 Å². The van der Waals surface area contributed by atoms with Crippen LogP contribution < -0.4 is 10.1 Å². The highest BCUT2D eigenvalue weighted by Gasteiger charge is 2.39. The lowest BCUT2D eigenvalue weighted by molar-refractivity contribution is -0.190. The zero-order chi connectivity index (χ0) is 16.3. The molecule has 0 saturated carbocycles. The fourth-order valence-electron chi connectivity index (χ4n) is 1.32. The Bertz CT molecular complexity index is 472. The fourth-order valence-corrected chi connectivity index (χ4v) is 1.32. The van der Waals surface area contributed by atoms with Crippen LogP contribution in [0, 0.1) is 0 Å². The number of ether oxygens (including phenoxy) is 1. The highest BCUT2D eigenvalue weighted by Crippen LogP contribution is 2.33. The zero-order valence-corrected chi connectivity index (χ0v) is 11.3. The first-order valence-electron chi connectivity index (χ1n) is 6.10. The average Bonchev–Trinajstić information content (AvgIpc) is 2.34. The van der Waals surface area contributed by atoms with Gasteiger partial charge < -0.3 is 10.1 Å². The maximum atomic E-state index is 12.7. The van der Waals surface area contributed by atoms with Gasteiger partial charge in [-0.3, -0.25) is 0 Å². The monoisotopic (exact) mass is 316 g/mol. The molecular weight excluding hydrogens is 302 g/mol. The Kier molecular flexibility index (Phi) is 5.30. The molecule has 1 atom stereocenters. The van der Waals surface area contributed by atoms with Crippen LogP contribution in [0.5, 0.6) is 5.88 Å². The smallest absolute Gasteiger partial charge is 0.425 e. The van der Waals surface area contributed by atoms with E-state index in [9.17, 15) is 26.3 Å². The van der Waals surface area contributed by atoms with Gasteiger partial charge in [0, 0.05) is 12.6 Å². The van der Waals surface area contributed by atoms with E-state index < -0.39 is 29.9 Å². The van der Waals surface area contributed by atoms with Crippen molar-refractivity contribution in [1.82, 2.24) is 4.98 Å². The Labute approximate surface area is 117 Å². The van der Waals surface area contributed by atoms with Crippen LogP contribution in [0.25, 0.3) is 0 Å². The number of halogens is 6. The minimum Gasteiger partial charge on any atom is -0.465 e. The summed E-state index contributed by atoms with van der Waals surface area (Å²) in [5, 5.41) is 2.59. The lowest BCUT2D eigenvalue weighted by Gasteiger charge is -2.18. The summed E-state index contributed by atoms with van der Waals surface area (Å²) < 4.78 is 79.7. The van der Waals surface area contributed by atoms with E-state index in [1.807, 2.05) is 0 Å². The van der Waals surface area contributed by atoms with Crippen molar-refractivity contribution in [3.63, 3.8) is 0 Å². The molecule has 0 fully saturated rings. The minimum atomic E-state index is -4.70. The van der Waals surface area contributed by atoms with Crippen molar-refractivity contribution >= 4 is 5.82 Å². The second-order valence-electron chi connectivity index (χ2n) is 4.31. The number of nitrogens with one attached hydrogen (secondary N) is 1. The molecule has 0 aliphatic carbocycles. The first-order valence-corrected chi connectivity index (χ1v) is 6.10. The van der Waals surface area contributed by atoms with E-state index in [1.54, 1.807) is 6.92 Å². The number of nitrogens with zero attached hydrogens (tertiary/aromatic N) is 1. The highest BCUT2D eigenvalue weighted by atomic mass is 19.4. The lowest BCUT2D eigenvalue weighted by Crippen LogP contribution is -2.31. The molecule has 0 saturated heterocycles. The van der Waals surface area contributed by atoms with E-state index in [0.29, 0.717) is 26.0 Å². The first-order chi connectivity index (χ1) is 9.54. The molecule has 1 aromatic rings. The second kappa shape index (κ2) is 6.40. The molecule has 0 aliphatic rings. The van der Waals surface area contributed by atoms with Crippen molar-refractivity contribution in [2.24, 2.45) is 0 Å². The number of aromatic nitrogens is 1. The Balaban J connectivity index is 3.07. The van der Waals surface area contributed by atoms with Crippen molar-refractivity contribution < 1.29 is 31.1 Å². The van der Waals surface area contributed by atoms with E-state index in [0.717, 1.165) is 6.07 Å². The number of alkyl halides is 6. The minimum absolute atomic E-state index is 0.184. The van der Waals surface area contributed by atoms with Crippen LogP contribution in [-0.4, -0.2) is 23.8 Å². The van der Waals surface area contributed by atoms with Crippen LogP contribution in [0.3, 0.4) is 0 Å². The van der Waals surface area contributed by atoms with Gasteiger partial charge in [0.25, 0.3) is 0 Å². The third-order valence-electron chi connectivity index (χ3n) is 2.44. The van der Waals surface area contributed by atoms with Gasteiger partial charge in [0.1, 0.15) is 5.82 Å². The first kappa shape index (κ1) is 17.4. The summed E-state index contributed by atoms with van der Waals surface area (Å²) in [4.78, 5) is 3.60. The number of pyridine rings is 1. The summed E-state index contributed by atoms with van der Waals surface area (Å²) in [6.45, 7) is 2.81. The van der Waals surface area contributed by atoms with Gasteiger partial charge in [0.2, 0.25) is 5.88 Å². The summed E-state index contributed by atoms with van der Waals surface area (Å²) in [6.07, 6.45) is -11.0. The van der Waals surface area contributed by atoms with Gasteiger partial charge in [0.15, 0.2) is 6.10 Å². The third kappa shape index (κ3) is 5.31. The van der Waals surface area contributed by atoms with Gasteiger partial charge >= 0.3 is 12.4 Å². The maximum absolute atomic E-state index is 12.7. The summed E-state index contributed by atoms with van der Waals surface area (Å²) in [7, 11) is 0. The topological polar surface area (TPSA) is 34.1 Å². The predicted molar refractivity (Wildman–Crippen MR) is 64.2 cm³/mol. The molecule has 21 heavy (non-hydrogen) atoms. The molecule has 1 unspecified atom stereocenters.